The lowest BCUT2D eigenvalue weighted by Crippen LogP contribution is -2.30. The predicted molar refractivity (Wildman–Crippen MR) is 56.3 cm³/mol. The number of aliphatic hydroxyl groups is 1. The number of ether oxygens (including phenoxy) is 2. The van der Waals surface area contributed by atoms with E-state index in [1.807, 2.05) is 0 Å². The van der Waals surface area contributed by atoms with Crippen LogP contribution in [0.5, 0.6) is 0 Å². The Morgan fingerprint density at radius 3 is 2.62 bits per heavy atom. The topological polar surface area (TPSA) is 102 Å². The second-order valence-corrected chi connectivity index (χ2v) is 4.80. The molecule has 0 bridgehead atoms. The van der Waals surface area contributed by atoms with Crippen molar-refractivity contribution < 1.29 is 27.8 Å². The average molecular weight is 255 g/mol. The molecule has 0 saturated carbocycles. The van der Waals surface area contributed by atoms with Crippen LogP contribution < -0.4 is 4.72 Å². The summed E-state index contributed by atoms with van der Waals surface area (Å²) >= 11 is 0. The van der Waals surface area contributed by atoms with Crippen molar-refractivity contribution in [3.05, 3.63) is 0 Å². The highest BCUT2D eigenvalue weighted by molar-refractivity contribution is 7.89. The predicted octanol–water partition coefficient (Wildman–Crippen LogP) is -1.52. The van der Waals surface area contributed by atoms with Crippen molar-refractivity contribution in [2.24, 2.45) is 0 Å². The van der Waals surface area contributed by atoms with Crippen LogP contribution in [0.4, 0.5) is 0 Å². The summed E-state index contributed by atoms with van der Waals surface area (Å²) in [5.74, 6) is -0.874. The van der Waals surface area contributed by atoms with Gasteiger partial charge >= 0.3 is 5.97 Å². The Labute approximate surface area is 94.8 Å². The fourth-order valence-electron chi connectivity index (χ4n) is 0.828. The van der Waals surface area contributed by atoms with Gasteiger partial charge in [0.1, 0.15) is 0 Å². The highest BCUT2D eigenvalue weighted by Crippen LogP contribution is 1.91. The summed E-state index contributed by atoms with van der Waals surface area (Å²) < 4.78 is 34.0. The van der Waals surface area contributed by atoms with Crippen LogP contribution in [0.1, 0.15) is 6.42 Å². The molecule has 0 fully saturated rings. The minimum atomic E-state index is -3.47. The lowest BCUT2D eigenvalue weighted by Gasteiger charge is -2.06. The van der Waals surface area contributed by atoms with Crippen molar-refractivity contribution in [3.8, 4) is 0 Å². The van der Waals surface area contributed by atoms with E-state index in [0.717, 1.165) is 0 Å². The Hall–Kier alpha value is -0.700. The zero-order chi connectivity index (χ0) is 12.4. The summed E-state index contributed by atoms with van der Waals surface area (Å²) in [6.07, 6.45) is -0.177. The minimum Gasteiger partial charge on any atom is -0.469 e. The lowest BCUT2D eigenvalue weighted by atomic mass is 10.5. The van der Waals surface area contributed by atoms with Gasteiger partial charge in [0, 0.05) is 6.54 Å². The summed E-state index contributed by atoms with van der Waals surface area (Å²) in [7, 11) is -2.27. The number of hydrogen-bond acceptors (Lipinski definition) is 6. The molecule has 96 valence electrons. The summed E-state index contributed by atoms with van der Waals surface area (Å²) in [5.41, 5.74) is 0. The number of hydrogen-bond donors (Lipinski definition) is 2. The Morgan fingerprint density at radius 1 is 1.38 bits per heavy atom. The maximum atomic E-state index is 11.3. The molecule has 0 unspecified atom stereocenters. The number of aliphatic hydroxyl groups excluding tert-OH is 1. The fourth-order valence-corrected chi connectivity index (χ4v) is 1.80. The molecular weight excluding hydrogens is 238 g/mol. The van der Waals surface area contributed by atoms with E-state index in [2.05, 4.69) is 9.46 Å². The van der Waals surface area contributed by atoms with Crippen molar-refractivity contribution in [2.45, 2.75) is 6.42 Å². The highest BCUT2D eigenvalue weighted by Gasteiger charge is 2.12. The molecule has 0 saturated heterocycles. The fraction of sp³-hybridized carbons (Fsp3) is 0.875. The van der Waals surface area contributed by atoms with Gasteiger partial charge in [0.25, 0.3) is 0 Å². The Kier molecular flexibility index (Phi) is 8.08. The molecule has 0 aromatic rings. The molecular formula is C8H17NO6S. The van der Waals surface area contributed by atoms with Gasteiger partial charge in [-0.1, -0.05) is 0 Å². The van der Waals surface area contributed by atoms with Crippen LogP contribution in [-0.4, -0.2) is 58.7 Å². The average Bonchev–Trinajstić information content (AvgIpc) is 2.25. The van der Waals surface area contributed by atoms with Gasteiger partial charge in [-0.25, -0.2) is 13.1 Å². The Balaban J connectivity index is 3.67. The van der Waals surface area contributed by atoms with Gasteiger partial charge in [-0.15, -0.1) is 0 Å². The zero-order valence-corrected chi connectivity index (χ0v) is 9.96. The second kappa shape index (κ2) is 8.45. The summed E-state index contributed by atoms with van der Waals surface area (Å²) in [6.45, 7) is 0.362. The van der Waals surface area contributed by atoms with Gasteiger partial charge in [0.05, 0.1) is 39.1 Å². The van der Waals surface area contributed by atoms with E-state index in [4.69, 9.17) is 9.84 Å². The molecule has 0 amide bonds. The monoisotopic (exact) mass is 255 g/mol. The van der Waals surface area contributed by atoms with E-state index in [0.29, 0.717) is 0 Å². The van der Waals surface area contributed by atoms with Crippen LogP contribution in [0, 0.1) is 0 Å². The van der Waals surface area contributed by atoms with Crippen LogP contribution in [-0.2, 0) is 24.3 Å². The van der Waals surface area contributed by atoms with E-state index in [9.17, 15) is 13.2 Å². The first-order chi connectivity index (χ1) is 7.52. The first-order valence-corrected chi connectivity index (χ1v) is 6.40. The largest absolute Gasteiger partial charge is 0.469 e. The number of esters is 1. The van der Waals surface area contributed by atoms with E-state index in [-0.39, 0.29) is 38.5 Å². The molecule has 2 N–H and O–H groups in total. The minimum absolute atomic E-state index is 0.102. The van der Waals surface area contributed by atoms with E-state index < -0.39 is 16.0 Å². The molecule has 0 aliphatic heterocycles. The van der Waals surface area contributed by atoms with Crippen LogP contribution in [0.3, 0.4) is 0 Å². The van der Waals surface area contributed by atoms with Crippen molar-refractivity contribution in [3.63, 3.8) is 0 Å². The molecule has 0 aromatic heterocycles. The van der Waals surface area contributed by atoms with E-state index >= 15 is 0 Å². The number of carbonyl (C=O) groups is 1. The van der Waals surface area contributed by atoms with Crippen LogP contribution in [0.25, 0.3) is 0 Å². The van der Waals surface area contributed by atoms with Gasteiger partial charge in [-0.05, 0) is 0 Å². The van der Waals surface area contributed by atoms with Gasteiger partial charge in [0.15, 0.2) is 0 Å². The zero-order valence-electron chi connectivity index (χ0n) is 9.14. The maximum Gasteiger partial charge on any atom is 0.306 e. The quantitative estimate of drug-likeness (QED) is 0.383. The molecule has 0 atom stereocenters. The molecule has 0 aliphatic rings. The van der Waals surface area contributed by atoms with Crippen LogP contribution in [0.2, 0.25) is 0 Å². The SMILES string of the molecule is COC(=O)CCS(=O)(=O)NCCOCCO. The lowest BCUT2D eigenvalue weighted by molar-refractivity contribution is -0.140. The first-order valence-electron chi connectivity index (χ1n) is 4.74. The number of methoxy groups -OCH3 is 1. The van der Waals surface area contributed by atoms with Crippen LogP contribution >= 0.6 is 0 Å². The number of rotatable bonds is 9. The van der Waals surface area contributed by atoms with Crippen molar-refractivity contribution in [2.75, 3.05) is 39.2 Å². The summed E-state index contributed by atoms with van der Waals surface area (Å²) in [5, 5.41) is 8.38. The molecule has 0 radical (unpaired) electrons. The molecule has 16 heavy (non-hydrogen) atoms. The van der Waals surface area contributed by atoms with Crippen molar-refractivity contribution >= 4 is 16.0 Å². The Bertz CT molecular complexity index is 289. The molecule has 0 spiro atoms. The molecule has 0 aliphatic carbocycles. The highest BCUT2D eigenvalue weighted by atomic mass is 32.2. The standard InChI is InChI=1S/C8H17NO6S/c1-14-8(11)2-7-16(12,13)9-3-5-15-6-4-10/h9-10H,2-7H2,1H3. The third kappa shape index (κ3) is 8.60. The number of sulfonamides is 1. The van der Waals surface area contributed by atoms with E-state index in [1.54, 1.807) is 0 Å². The molecule has 0 aromatic carbocycles. The second-order valence-electron chi connectivity index (χ2n) is 2.88. The molecule has 0 heterocycles. The third-order valence-corrected chi connectivity index (χ3v) is 2.99. The molecule has 7 nitrogen and oxygen atoms in total. The molecule has 0 rings (SSSR count). The number of nitrogens with one attached hydrogen (secondary N) is 1. The van der Waals surface area contributed by atoms with E-state index in [1.165, 1.54) is 7.11 Å². The van der Waals surface area contributed by atoms with Gasteiger partial charge in [-0.2, -0.15) is 0 Å². The van der Waals surface area contributed by atoms with Gasteiger partial charge < -0.3 is 14.6 Å². The maximum absolute atomic E-state index is 11.3. The smallest absolute Gasteiger partial charge is 0.306 e. The summed E-state index contributed by atoms with van der Waals surface area (Å²) in [6, 6.07) is 0. The molecule has 8 heteroatoms. The van der Waals surface area contributed by atoms with Gasteiger partial charge in [0.2, 0.25) is 10.0 Å². The van der Waals surface area contributed by atoms with Crippen LogP contribution in [0.15, 0.2) is 0 Å². The van der Waals surface area contributed by atoms with Crippen molar-refractivity contribution in [1.29, 1.82) is 0 Å². The third-order valence-electron chi connectivity index (χ3n) is 1.61. The van der Waals surface area contributed by atoms with Crippen molar-refractivity contribution in [1.82, 2.24) is 4.72 Å². The first kappa shape index (κ1) is 15.3. The Morgan fingerprint density at radius 2 is 2.06 bits per heavy atom. The normalized spacial score (nSPS) is 11.4. The van der Waals surface area contributed by atoms with Gasteiger partial charge in [-0.3, -0.25) is 4.79 Å². The summed E-state index contributed by atoms with van der Waals surface area (Å²) in [4.78, 5) is 10.7. The number of carbonyl (C=O) groups excluding carboxylic acids is 1.